The highest BCUT2D eigenvalue weighted by Crippen LogP contribution is 2.18. The van der Waals surface area contributed by atoms with E-state index in [4.69, 9.17) is 0 Å². The maximum atomic E-state index is 12.9. The number of ketones is 1. The summed E-state index contributed by atoms with van der Waals surface area (Å²) < 4.78 is 0. The van der Waals surface area contributed by atoms with Gasteiger partial charge in [-0.15, -0.1) is 0 Å². The summed E-state index contributed by atoms with van der Waals surface area (Å²) in [6.07, 6.45) is 0. The molecule has 0 unspecified atom stereocenters. The lowest BCUT2D eigenvalue weighted by atomic mass is 10.1. The SMILES string of the molecule is CN1[B]N(c2cccc(C(=O)c3cccc(N4[B]N(C)CC4)n3)n2)CC1. The molecule has 7 nitrogen and oxygen atoms in total. The van der Waals surface area contributed by atoms with Crippen LogP contribution in [-0.2, 0) is 0 Å². The van der Waals surface area contributed by atoms with Crippen LogP contribution >= 0.6 is 0 Å². The Bertz CT molecular complexity index is 754. The number of nitrogens with zero attached hydrogens (tertiary/aromatic N) is 6. The zero-order valence-electron chi connectivity index (χ0n) is 15.0. The van der Waals surface area contributed by atoms with Gasteiger partial charge in [-0.25, -0.2) is 9.97 Å². The summed E-state index contributed by atoms with van der Waals surface area (Å²) in [7, 11) is 8.07. The van der Waals surface area contributed by atoms with Crippen molar-refractivity contribution in [1.82, 2.24) is 19.6 Å². The van der Waals surface area contributed by atoms with Gasteiger partial charge < -0.3 is 19.2 Å². The average Bonchev–Trinajstić information content (AvgIpc) is 3.30. The van der Waals surface area contributed by atoms with Crippen molar-refractivity contribution in [2.45, 2.75) is 0 Å². The number of likely N-dealkylation sites (N-methyl/N-ethyl adjacent to an activating group) is 2. The van der Waals surface area contributed by atoms with Crippen molar-refractivity contribution >= 4 is 32.5 Å². The molecule has 2 saturated heterocycles. The van der Waals surface area contributed by atoms with Crippen LogP contribution in [0, 0.1) is 0 Å². The third kappa shape index (κ3) is 3.45. The first-order valence-electron chi connectivity index (χ1n) is 8.73. The van der Waals surface area contributed by atoms with Crippen molar-refractivity contribution in [3.05, 3.63) is 47.8 Å². The number of anilines is 2. The Morgan fingerprint density at radius 2 is 1.27 bits per heavy atom. The number of hydrogen-bond acceptors (Lipinski definition) is 7. The molecule has 4 heterocycles. The molecular formula is C17H20B2N6O. The first kappa shape index (κ1) is 17.1. The van der Waals surface area contributed by atoms with Crippen LogP contribution in [0.5, 0.6) is 0 Å². The minimum Gasteiger partial charge on any atom is -0.388 e. The maximum absolute atomic E-state index is 12.9. The highest BCUT2D eigenvalue weighted by Gasteiger charge is 2.23. The quantitative estimate of drug-likeness (QED) is 0.582. The summed E-state index contributed by atoms with van der Waals surface area (Å²) >= 11 is 0. The van der Waals surface area contributed by atoms with Gasteiger partial charge in [0.2, 0.25) is 5.78 Å². The van der Waals surface area contributed by atoms with Gasteiger partial charge in [-0.1, -0.05) is 12.1 Å². The minimum absolute atomic E-state index is 0.159. The Morgan fingerprint density at radius 3 is 1.65 bits per heavy atom. The van der Waals surface area contributed by atoms with Gasteiger partial charge in [-0.2, -0.15) is 0 Å². The van der Waals surface area contributed by atoms with Crippen LogP contribution < -0.4 is 9.62 Å². The topological polar surface area (TPSA) is 55.8 Å². The molecule has 2 radical (unpaired) electrons. The largest absolute Gasteiger partial charge is 0.388 e. The molecule has 2 aliphatic heterocycles. The van der Waals surface area contributed by atoms with Gasteiger partial charge in [0.05, 0.1) is 0 Å². The molecule has 2 aromatic heterocycles. The van der Waals surface area contributed by atoms with Crippen molar-refractivity contribution in [2.75, 3.05) is 49.9 Å². The molecule has 0 amide bonds. The van der Waals surface area contributed by atoms with Crippen molar-refractivity contribution in [3.8, 4) is 0 Å². The van der Waals surface area contributed by atoms with Crippen molar-refractivity contribution in [3.63, 3.8) is 0 Å². The summed E-state index contributed by atoms with van der Waals surface area (Å²) in [5, 5.41) is 0. The van der Waals surface area contributed by atoms with Crippen LogP contribution in [0.15, 0.2) is 36.4 Å². The van der Waals surface area contributed by atoms with Crippen molar-refractivity contribution in [1.29, 1.82) is 0 Å². The standard InChI is InChI=1S/C17H20B2N6O/c1-22-9-11-24(18-22)15-7-3-5-13(20-15)17(26)14-6-4-8-16(21-14)25-12-10-23(2)19-25/h3-8H,9-12H2,1-2H3. The highest BCUT2D eigenvalue weighted by atomic mass is 16.1. The molecular weight excluding hydrogens is 326 g/mol. The lowest BCUT2D eigenvalue weighted by Gasteiger charge is -2.17. The van der Waals surface area contributed by atoms with E-state index < -0.39 is 0 Å². The number of hydrogen-bond donors (Lipinski definition) is 0. The Hall–Kier alpha value is -2.38. The molecule has 0 aliphatic carbocycles. The molecule has 2 aromatic rings. The first-order valence-corrected chi connectivity index (χ1v) is 8.73. The fourth-order valence-electron chi connectivity index (χ4n) is 3.14. The summed E-state index contributed by atoms with van der Waals surface area (Å²) in [4.78, 5) is 30.3. The minimum atomic E-state index is -0.159. The fraction of sp³-hybridized carbons (Fsp3) is 0.353. The Balaban J connectivity index is 1.56. The maximum Gasteiger partial charge on any atom is 0.353 e. The monoisotopic (exact) mass is 346 g/mol. The van der Waals surface area contributed by atoms with E-state index in [0.29, 0.717) is 11.4 Å². The van der Waals surface area contributed by atoms with E-state index in [2.05, 4.69) is 29.2 Å². The molecule has 0 bridgehead atoms. The fourth-order valence-corrected chi connectivity index (χ4v) is 3.14. The molecule has 0 spiro atoms. The number of pyridine rings is 2. The van der Waals surface area contributed by atoms with E-state index in [1.165, 1.54) is 0 Å². The van der Waals surface area contributed by atoms with Gasteiger partial charge in [0, 0.05) is 26.2 Å². The Kier molecular flexibility index (Phi) is 4.65. The van der Waals surface area contributed by atoms with Crippen LogP contribution in [0.1, 0.15) is 16.2 Å². The number of carbonyl (C=O) groups is 1. The third-order valence-corrected chi connectivity index (χ3v) is 4.58. The van der Waals surface area contributed by atoms with Gasteiger partial charge in [0.1, 0.15) is 23.0 Å². The van der Waals surface area contributed by atoms with Crippen LogP contribution in [0.25, 0.3) is 0 Å². The van der Waals surface area contributed by atoms with Crippen molar-refractivity contribution < 1.29 is 4.79 Å². The van der Waals surface area contributed by atoms with Gasteiger partial charge in [-0.3, -0.25) is 4.79 Å². The highest BCUT2D eigenvalue weighted by molar-refractivity contribution is 6.39. The lowest BCUT2D eigenvalue weighted by Crippen LogP contribution is -2.28. The summed E-state index contributed by atoms with van der Waals surface area (Å²) in [6, 6.07) is 11.1. The molecule has 0 N–H and O–H groups in total. The molecule has 130 valence electrons. The van der Waals surface area contributed by atoms with Gasteiger partial charge in [0.25, 0.3) is 0 Å². The molecule has 4 rings (SSSR count). The lowest BCUT2D eigenvalue weighted by molar-refractivity contribution is 0.103. The molecule has 9 heteroatoms. The van der Waals surface area contributed by atoms with E-state index in [0.717, 1.165) is 37.8 Å². The van der Waals surface area contributed by atoms with Crippen LogP contribution in [0.4, 0.5) is 11.6 Å². The summed E-state index contributed by atoms with van der Waals surface area (Å²) in [5.41, 5.74) is 0.829. The normalized spacial score (nSPS) is 18.1. The molecule has 2 aliphatic rings. The van der Waals surface area contributed by atoms with E-state index >= 15 is 0 Å². The number of aromatic nitrogens is 2. The molecule has 26 heavy (non-hydrogen) atoms. The zero-order valence-corrected chi connectivity index (χ0v) is 15.0. The van der Waals surface area contributed by atoms with E-state index in [-0.39, 0.29) is 5.78 Å². The van der Waals surface area contributed by atoms with Crippen LogP contribution in [0.2, 0.25) is 0 Å². The summed E-state index contributed by atoms with van der Waals surface area (Å²) in [6.45, 7) is 3.63. The second-order valence-corrected chi connectivity index (χ2v) is 6.67. The molecule has 0 saturated carbocycles. The van der Waals surface area contributed by atoms with E-state index in [9.17, 15) is 4.79 Å². The van der Waals surface area contributed by atoms with E-state index in [1.807, 2.05) is 53.5 Å². The predicted molar refractivity (Wildman–Crippen MR) is 103 cm³/mol. The smallest absolute Gasteiger partial charge is 0.353 e. The first-order chi connectivity index (χ1) is 12.6. The zero-order chi connectivity index (χ0) is 18.1. The van der Waals surface area contributed by atoms with Crippen LogP contribution in [-0.4, -0.2) is 80.7 Å². The third-order valence-electron chi connectivity index (χ3n) is 4.58. The molecule has 2 fully saturated rings. The molecule has 0 atom stereocenters. The van der Waals surface area contributed by atoms with Gasteiger partial charge in [-0.05, 0) is 38.4 Å². The summed E-state index contributed by atoms with van der Waals surface area (Å²) in [5.74, 6) is 1.41. The number of carbonyl (C=O) groups excluding carboxylic acids is 1. The number of rotatable bonds is 4. The predicted octanol–water partition coefficient (Wildman–Crippen LogP) is 0.280. The molecule has 0 aromatic carbocycles. The van der Waals surface area contributed by atoms with Crippen LogP contribution in [0.3, 0.4) is 0 Å². The second kappa shape index (κ2) is 7.09. The second-order valence-electron chi connectivity index (χ2n) is 6.67. The van der Waals surface area contributed by atoms with E-state index in [1.54, 1.807) is 12.1 Å². The van der Waals surface area contributed by atoms with Crippen molar-refractivity contribution in [2.24, 2.45) is 0 Å². The van der Waals surface area contributed by atoms with Gasteiger partial charge in [0.15, 0.2) is 0 Å². The Morgan fingerprint density at radius 1 is 0.808 bits per heavy atom. The average molecular weight is 346 g/mol. The van der Waals surface area contributed by atoms with Gasteiger partial charge >= 0.3 is 15.1 Å². The Labute approximate surface area is 155 Å².